The molecule has 1 fully saturated rings. The summed E-state index contributed by atoms with van der Waals surface area (Å²) >= 11 is 0. The number of hydrogen-bond donors (Lipinski definition) is 2. The molecule has 1 aromatic carbocycles. The SMILES string of the molecule is COCC1(CNC(=O)c2cn(-c3cccc(C(F)(F)F)c3)nn2)CCNCC1. The molecule has 2 N–H and O–H groups in total. The molecular weight excluding hydrogens is 375 g/mol. The van der Waals surface area contributed by atoms with Crippen LogP contribution >= 0.6 is 0 Å². The predicted octanol–water partition coefficient (Wildman–Crippen LogP) is 2.03. The van der Waals surface area contributed by atoms with Crippen molar-refractivity contribution < 1.29 is 22.7 Å². The number of amides is 1. The summed E-state index contributed by atoms with van der Waals surface area (Å²) in [6, 6.07) is 4.68. The summed E-state index contributed by atoms with van der Waals surface area (Å²) in [5, 5.41) is 13.7. The molecule has 0 saturated carbocycles. The van der Waals surface area contributed by atoms with Gasteiger partial charge in [0.1, 0.15) is 0 Å². The van der Waals surface area contributed by atoms with Crippen LogP contribution in [0.15, 0.2) is 30.5 Å². The molecule has 1 aliphatic heterocycles. The van der Waals surface area contributed by atoms with Crippen LogP contribution < -0.4 is 10.6 Å². The first-order valence-corrected chi connectivity index (χ1v) is 8.91. The van der Waals surface area contributed by atoms with E-state index in [1.165, 1.54) is 18.3 Å². The van der Waals surface area contributed by atoms with Gasteiger partial charge in [0.2, 0.25) is 0 Å². The van der Waals surface area contributed by atoms with Crippen LogP contribution in [0, 0.1) is 5.41 Å². The molecule has 0 aliphatic carbocycles. The molecule has 3 rings (SSSR count). The molecule has 2 heterocycles. The standard InChI is InChI=1S/C18H22F3N5O2/c1-28-12-17(5-7-22-8-6-17)11-23-16(27)15-10-26(25-24-15)14-4-2-3-13(9-14)18(19,20)21/h2-4,9-10,22H,5-8,11-12H2,1H3,(H,23,27). The van der Waals surface area contributed by atoms with Crippen LogP contribution in [-0.2, 0) is 10.9 Å². The van der Waals surface area contributed by atoms with E-state index in [-0.39, 0.29) is 16.8 Å². The highest BCUT2D eigenvalue weighted by atomic mass is 19.4. The summed E-state index contributed by atoms with van der Waals surface area (Å²) in [6.07, 6.45) is -1.40. The van der Waals surface area contributed by atoms with E-state index in [4.69, 9.17) is 4.74 Å². The number of ether oxygens (including phenoxy) is 1. The monoisotopic (exact) mass is 397 g/mol. The molecule has 1 amide bonds. The molecule has 28 heavy (non-hydrogen) atoms. The molecule has 0 atom stereocenters. The zero-order chi connectivity index (χ0) is 20.2. The average Bonchev–Trinajstić information content (AvgIpc) is 3.17. The molecule has 0 spiro atoms. The lowest BCUT2D eigenvalue weighted by Crippen LogP contribution is -2.47. The van der Waals surface area contributed by atoms with E-state index in [1.807, 2.05) is 0 Å². The number of nitrogens with one attached hydrogen (secondary N) is 2. The Balaban J connectivity index is 1.69. The van der Waals surface area contributed by atoms with Gasteiger partial charge in [0.05, 0.1) is 24.1 Å². The Bertz CT molecular complexity index is 810. The van der Waals surface area contributed by atoms with Crippen LogP contribution in [0.5, 0.6) is 0 Å². The number of hydrogen-bond acceptors (Lipinski definition) is 5. The Hall–Kier alpha value is -2.46. The van der Waals surface area contributed by atoms with Crippen LogP contribution in [0.2, 0.25) is 0 Å². The topological polar surface area (TPSA) is 81.1 Å². The Labute approximate surface area is 160 Å². The summed E-state index contributed by atoms with van der Waals surface area (Å²) in [5.74, 6) is -0.424. The normalized spacial score (nSPS) is 16.7. The first kappa shape index (κ1) is 20.3. The molecule has 2 aromatic rings. The van der Waals surface area contributed by atoms with E-state index >= 15 is 0 Å². The van der Waals surface area contributed by atoms with E-state index in [0.29, 0.717) is 13.2 Å². The van der Waals surface area contributed by atoms with E-state index in [0.717, 1.165) is 42.7 Å². The molecular formula is C18H22F3N5O2. The molecule has 10 heteroatoms. The van der Waals surface area contributed by atoms with Gasteiger partial charge in [-0.2, -0.15) is 13.2 Å². The molecule has 0 bridgehead atoms. The molecule has 1 aromatic heterocycles. The number of benzene rings is 1. The second-order valence-electron chi connectivity index (χ2n) is 6.96. The molecule has 152 valence electrons. The van der Waals surface area contributed by atoms with E-state index in [2.05, 4.69) is 20.9 Å². The van der Waals surface area contributed by atoms with Crippen molar-refractivity contribution in [2.45, 2.75) is 19.0 Å². The zero-order valence-corrected chi connectivity index (χ0v) is 15.4. The van der Waals surface area contributed by atoms with Crippen molar-refractivity contribution in [1.29, 1.82) is 0 Å². The maximum atomic E-state index is 12.9. The van der Waals surface area contributed by atoms with Crippen molar-refractivity contribution in [3.05, 3.63) is 41.7 Å². The highest BCUT2D eigenvalue weighted by Gasteiger charge is 2.33. The molecule has 0 unspecified atom stereocenters. The smallest absolute Gasteiger partial charge is 0.384 e. The maximum Gasteiger partial charge on any atom is 0.416 e. The van der Waals surface area contributed by atoms with Gasteiger partial charge in [-0.15, -0.1) is 5.10 Å². The van der Waals surface area contributed by atoms with Gasteiger partial charge in [0.15, 0.2) is 5.69 Å². The fourth-order valence-electron chi connectivity index (χ4n) is 3.31. The van der Waals surface area contributed by atoms with Crippen LogP contribution in [0.3, 0.4) is 0 Å². The lowest BCUT2D eigenvalue weighted by molar-refractivity contribution is -0.137. The van der Waals surface area contributed by atoms with E-state index < -0.39 is 17.6 Å². The highest BCUT2D eigenvalue weighted by molar-refractivity contribution is 5.91. The summed E-state index contributed by atoms with van der Waals surface area (Å²) < 4.78 is 45.1. The number of aromatic nitrogens is 3. The van der Waals surface area contributed by atoms with E-state index in [1.54, 1.807) is 7.11 Å². The van der Waals surface area contributed by atoms with Crippen LogP contribution in [0.4, 0.5) is 13.2 Å². The first-order chi connectivity index (χ1) is 13.3. The van der Waals surface area contributed by atoms with Crippen molar-refractivity contribution in [3.63, 3.8) is 0 Å². The van der Waals surface area contributed by atoms with Gasteiger partial charge in [-0.05, 0) is 44.1 Å². The third-order valence-corrected chi connectivity index (χ3v) is 4.90. The van der Waals surface area contributed by atoms with Gasteiger partial charge in [0.25, 0.3) is 5.91 Å². The van der Waals surface area contributed by atoms with Crippen LogP contribution in [0.1, 0.15) is 28.9 Å². The van der Waals surface area contributed by atoms with Gasteiger partial charge in [0, 0.05) is 19.1 Å². The zero-order valence-electron chi connectivity index (χ0n) is 15.4. The van der Waals surface area contributed by atoms with Crippen molar-refractivity contribution in [1.82, 2.24) is 25.6 Å². The van der Waals surface area contributed by atoms with E-state index in [9.17, 15) is 18.0 Å². The quantitative estimate of drug-likeness (QED) is 0.780. The summed E-state index contributed by atoms with van der Waals surface area (Å²) in [6.45, 7) is 2.67. The second-order valence-corrected chi connectivity index (χ2v) is 6.96. The van der Waals surface area contributed by atoms with Crippen LogP contribution in [0.25, 0.3) is 5.69 Å². The molecule has 7 nitrogen and oxygen atoms in total. The average molecular weight is 397 g/mol. The number of nitrogens with zero attached hydrogens (tertiary/aromatic N) is 3. The van der Waals surface area contributed by atoms with Crippen molar-refractivity contribution in [2.75, 3.05) is 33.4 Å². The number of rotatable bonds is 6. The Kier molecular flexibility index (Phi) is 5.99. The Morgan fingerprint density at radius 2 is 2.11 bits per heavy atom. The minimum Gasteiger partial charge on any atom is -0.384 e. The largest absolute Gasteiger partial charge is 0.416 e. The van der Waals surface area contributed by atoms with Crippen molar-refractivity contribution in [2.24, 2.45) is 5.41 Å². The highest BCUT2D eigenvalue weighted by Crippen LogP contribution is 2.30. The lowest BCUT2D eigenvalue weighted by atomic mass is 9.79. The summed E-state index contributed by atoms with van der Waals surface area (Å²) in [5.41, 5.74) is -0.722. The molecule has 0 radical (unpaired) electrons. The summed E-state index contributed by atoms with van der Waals surface area (Å²) in [7, 11) is 1.63. The third kappa shape index (κ3) is 4.68. The van der Waals surface area contributed by atoms with Gasteiger partial charge in [-0.3, -0.25) is 4.79 Å². The number of carbonyl (C=O) groups is 1. The number of halogens is 3. The van der Waals surface area contributed by atoms with Gasteiger partial charge >= 0.3 is 6.18 Å². The minimum atomic E-state index is -4.46. The Morgan fingerprint density at radius 1 is 1.36 bits per heavy atom. The Morgan fingerprint density at radius 3 is 2.79 bits per heavy atom. The van der Waals surface area contributed by atoms with Gasteiger partial charge < -0.3 is 15.4 Å². The number of carbonyl (C=O) groups excluding carboxylic acids is 1. The third-order valence-electron chi connectivity index (χ3n) is 4.90. The number of alkyl halides is 3. The van der Waals surface area contributed by atoms with Crippen LogP contribution in [-0.4, -0.2) is 54.3 Å². The van der Waals surface area contributed by atoms with Crippen molar-refractivity contribution >= 4 is 5.91 Å². The molecule has 1 saturated heterocycles. The first-order valence-electron chi connectivity index (χ1n) is 8.91. The minimum absolute atomic E-state index is 0.0407. The number of methoxy groups -OCH3 is 1. The summed E-state index contributed by atoms with van der Waals surface area (Å²) in [4.78, 5) is 12.4. The second kappa shape index (κ2) is 8.27. The van der Waals surface area contributed by atoms with Crippen molar-refractivity contribution in [3.8, 4) is 5.69 Å². The fourth-order valence-corrected chi connectivity index (χ4v) is 3.31. The molecule has 1 aliphatic rings. The lowest BCUT2D eigenvalue weighted by Gasteiger charge is -2.37. The maximum absolute atomic E-state index is 12.9. The fraction of sp³-hybridized carbons (Fsp3) is 0.500. The van der Waals surface area contributed by atoms with Gasteiger partial charge in [-0.25, -0.2) is 4.68 Å². The predicted molar refractivity (Wildman–Crippen MR) is 95.1 cm³/mol. The van der Waals surface area contributed by atoms with Gasteiger partial charge in [-0.1, -0.05) is 11.3 Å². The number of piperidine rings is 1.